The summed E-state index contributed by atoms with van der Waals surface area (Å²) in [4.78, 5) is 0. The Kier molecular flexibility index (Phi) is 5.91. The molecule has 0 heterocycles. The van der Waals surface area contributed by atoms with Gasteiger partial charge in [-0.25, -0.2) is 4.39 Å². The molecule has 0 saturated carbocycles. The van der Waals surface area contributed by atoms with Gasteiger partial charge < -0.3 is 5.11 Å². The molecule has 3 heteroatoms. The maximum atomic E-state index is 12.5. The van der Waals surface area contributed by atoms with Gasteiger partial charge in [-0.1, -0.05) is 5.92 Å². The Labute approximate surface area is 70.9 Å². The number of hydrogen-bond donors (Lipinski definition) is 1. The van der Waals surface area contributed by atoms with Crippen LogP contribution in [0.2, 0.25) is 0 Å². The SMILES string of the molecule is C#CC(O)C(F)=CCCCCl. The van der Waals surface area contributed by atoms with E-state index in [1.54, 1.807) is 0 Å². The summed E-state index contributed by atoms with van der Waals surface area (Å²) in [6.07, 6.45) is 5.82. The summed E-state index contributed by atoms with van der Waals surface area (Å²) in [6, 6.07) is 0. The number of terminal acetylenes is 1. The maximum absolute atomic E-state index is 12.5. The highest BCUT2D eigenvalue weighted by Crippen LogP contribution is 2.05. The highest BCUT2D eigenvalue weighted by molar-refractivity contribution is 6.17. The van der Waals surface area contributed by atoms with Gasteiger partial charge in [0.15, 0.2) is 6.10 Å². The molecule has 0 radical (unpaired) electrons. The van der Waals surface area contributed by atoms with Gasteiger partial charge in [0.2, 0.25) is 0 Å². The summed E-state index contributed by atoms with van der Waals surface area (Å²) >= 11 is 5.34. The molecule has 62 valence electrons. The third-order valence-corrected chi connectivity index (χ3v) is 1.36. The van der Waals surface area contributed by atoms with Gasteiger partial charge >= 0.3 is 0 Å². The van der Waals surface area contributed by atoms with Crippen molar-refractivity contribution in [3.63, 3.8) is 0 Å². The summed E-state index contributed by atoms with van der Waals surface area (Å²) in [5.41, 5.74) is 0. The van der Waals surface area contributed by atoms with Crippen LogP contribution in [0.25, 0.3) is 0 Å². The molecule has 0 aromatic carbocycles. The van der Waals surface area contributed by atoms with E-state index in [9.17, 15) is 4.39 Å². The van der Waals surface area contributed by atoms with Crippen molar-refractivity contribution in [3.8, 4) is 12.3 Å². The standard InChI is InChI=1S/C8H10ClFO/c1-2-8(11)7(10)5-3-4-6-9/h1,5,8,11H,3-4,6H2. The minimum absolute atomic E-state index is 0.482. The van der Waals surface area contributed by atoms with Crippen molar-refractivity contribution in [1.82, 2.24) is 0 Å². The predicted octanol–water partition coefficient (Wildman–Crippen LogP) is 1.85. The van der Waals surface area contributed by atoms with E-state index in [0.29, 0.717) is 18.7 Å². The Morgan fingerprint density at radius 2 is 2.45 bits per heavy atom. The second-order valence-corrected chi connectivity index (χ2v) is 2.37. The Morgan fingerprint density at radius 3 is 2.91 bits per heavy atom. The van der Waals surface area contributed by atoms with Gasteiger partial charge in [0.1, 0.15) is 5.83 Å². The molecular formula is C8H10ClFO. The average Bonchev–Trinajstić information content (AvgIpc) is 2.03. The first kappa shape index (κ1) is 10.5. The first-order chi connectivity index (χ1) is 5.22. The molecule has 0 rings (SSSR count). The number of hydrogen-bond acceptors (Lipinski definition) is 1. The summed E-state index contributed by atoms with van der Waals surface area (Å²) < 4.78 is 12.5. The molecule has 0 saturated heterocycles. The summed E-state index contributed by atoms with van der Waals surface area (Å²) in [5.74, 6) is 1.68. The normalized spacial score (nSPS) is 14.2. The zero-order valence-corrected chi connectivity index (χ0v) is 6.81. The fourth-order valence-corrected chi connectivity index (χ4v) is 0.663. The number of aliphatic hydroxyl groups excluding tert-OH is 1. The first-order valence-corrected chi connectivity index (χ1v) is 3.81. The number of alkyl halides is 1. The van der Waals surface area contributed by atoms with Gasteiger partial charge in [0.25, 0.3) is 0 Å². The van der Waals surface area contributed by atoms with Crippen molar-refractivity contribution in [2.45, 2.75) is 18.9 Å². The third-order valence-electron chi connectivity index (χ3n) is 1.10. The van der Waals surface area contributed by atoms with Gasteiger partial charge in [-0.2, -0.15) is 0 Å². The van der Waals surface area contributed by atoms with E-state index in [4.69, 9.17) is 23.1 Å². The first-order valence-electron chi connectivity index (χ1n) is 3.28. The molecule has 1 unspecified atom stereocenters. The van der Waals surface area contributed by atoms with Crippen LogP contribution in [0.15, 0.2) is 11.9 Å². The second-order valence-electron chi connectivity index (χ2n) is 1.99. The lowest BCUT2D eigenvalue weighted by molar-refractivity contribution is 0.236. The molecule has 0 amide bonds. The molecule has 1 nitrogen and oxygen atoms in total. The minimum atomic E-state index is -1.40. The molecule has 0 bridgehead atoms. The van der Waals surface area contributed by atoms with Crippen molar-refractivity contribution < 1.29 is 9.50 Å². The smallest absolute Gasteiger partial charge is 0.165 e. The van der Waals surface area contributed by atoms with Crippen LogP contribution >= 0.6 is 11.6 Å². The Balaban J connectivity index is 3.73. The third kappa shape index (κ3) is 4.83. The largest absolute Gasteiger partial charge is 0.374 e. The number of unbranched alkanes of at least 4 members (excludes halogenated alkanes) is 1. The van der Waals surface area contributed by atoms with E-state index in [1.807, 2.05) is 5.92 Å². The quantitative estimate of drug-likeness (QED) is 0.394. The van der Waals surface area contributed by atoms with E-state index >= 15 is 0 Å². The van der Waals surface area contributed by atoms with Crippen LogP contribution in [0.1, 0.15) is 12.8 Å². The number of halogens is 2. The lowest BCUT2D eigenvalue weighted by atomic mass is 10.2. The van der Waals surface area contributed by atoms with Crippen molar-refractivity contribution in [2.24, 2.45) is 0 Å². The topological polar surface area (TPSA) is 20.2 Å². The fraction of sp³-hybridized carbons (Fsp3) is 0.500. The number of rotatable bonds is 4. The lowest BCUT2D eigenvalue weighted by Crippen LogP contribution is -2.02. The molecule has 0 aliphatic carbocycles. The minimum Gasteiger partial charge on any atom is -0.374 e. The second kappa shape index (κ2) is 6.21. The van der Waals surface area contributed by atoms with Crippen LogP contribution in [-0.4, -0.2) is 17.1 Å². The molecule has 0 aromatic rings. The van der Waals surface area contributed by atoms with E-state index in [2.05, 4.69) is 0 Å². The van der Waals surface area contributed by atoms with E-state index in [1.165, 1.54) is 6.08 Å². The Hall–Kier alpha value is -0.520. The van der Waals surface area contributed by atoms with Crippen LogP contribution in [0, 0.1) is 12.3 Å². The van der Waals surface area contributed by atoms with Crippen LogP contribution in [0.5, 0.6) is 0 Å². The fourth-order valence-electron chi connectivity index (χ4n) is 0.508. The number of aliphatic hydroxyl groups is 1. The zero-order valence-electron chi connectivity index (χ0n) is 6.06. The lowest BCUT2D eigenvalue weighted by Gasteiger charge is -1.97. The molecule has 0 aliphatic heterocycles. The van der Waals surface area contributed by atoms with E-state index in [-0.39, 0.29) is 0 Å². The maximum Gasteiger partial charge on any atom is 0.165 e. The van der Waals surface area contributed by atoms with E-state index < -0.39 is 11.9 Å². The Morgan fingerprint density at radius 1 is 1.82 bits per heavy atom. The summed E-state index contributed by atoms with van der Waals surface area (Å²) in [5, 5.41) is 8.71. The molecule has 11 heavy (non-hydrogen) atoms. The van der Waals surface area contributed by atoms with Gasteiger partial charge in [-0.15, -0.1) is 18.0 Å². The molecule has 0 aromatic heterocycles. The van der Waals surface area contributed by atoms with Crippen LogP contribution < -0.4 is 0 Å². The molecule has 1 atom stereocenters. The monoisotopic (exact) mass is 176 g/mol. The van der Waals surface area contributed by atoms with Crippen LogP contribution in [0.3, 0.4) is 0 Å². The zero-order chi connectivity index (χ0) is 8.69. The van der Waals surface area contributed by atoms with Gasteiger partial charge in [-0.05, 0) is 18.9 Å². The highest BCUT2D eigenvalue weighted by Gasteiger charge is 2.03. The van der Waals surface area contributed by atoms with Crippen molar-refractivity contribution in [2.75, 3.05) is 5.88 Å². The van der Waals surface area contributed by atoms with Crippen molar-refractivity contribution >= 4 is 11.6 Å². The molecule has 0 fully saturated rings. The highest BCUT2D eigenvalue weighted by atomic mass is 35.5. The van der Waals surface area contributed by atoms with Gasteiger partial charge in [0, 0.05) is 5.88 Å². The average molecular weight is 177 g/mol. The summed E-state index contributed by atoms with van der Waals surface area (Å²) in [6.45, 7) is 0. The molecule has 0 spiro atoms. The predicted molar refractivity (Wildman–Crippen MR) is 44.0 cm³/mol. The molecule has 1 N–H and O–H groups in total. The molecular weight excluding hydrogens is 167 g/mol. The summed E-state index contributed by atoms with van der Waals surface area (Å²) in [7, 11) is 0. The van der Waals surface area contributed by atoms with Gasteiger partial charge in [-0.3, -0.25) is 0 Å². The Bertz CT molecular complexity index is 171. The van der Waals surface area contributed by atoms with Crippen LogP contribution in [-0.2, 0) is 0 Å². The van der Waals surface area contributed by atoms with Crippen molar-refractivity contribution in [3.05, 3.63) is 11.9 Å². The molecule has 0 aliphatic rings. The van der Waals surface area contributed by atoms with E-state index in [0.717, 1.165) is 0 Å². The van der Waals surface area contributed by atoms with Gasteiger partial charge in [0.05, 0.1) is 0 Å². The van der Waals surface area contributed by atoms with Crippen molar-refractivity contribution in [1.29, 1.82) is 0 Å². The number of allylic oxidation sites excluding steroid dienone is 1. The van der Waals surface area contributed by atoms with Crippen LogP contribution in [0.4, 0.5) is 4.39 Å².